The van der Waals surface area contributed by atoms with Gasteiger partial charge in [0.25, 0.3) is 0 Å². The fraction of sp³-hybridized carbons (Fsp3) is 0.269. The molecule has 1 aromatic heterocycles. The van der Waals surface area contributed by atoms with Crippen molar-refractivity contribution in [3.63, 3.8) is 0 Å². The summed E-state index contributed by atoms with van der Waals surface area (Å²) in [6, 6.07) is 19.7. The van der Waals surface area contributed by atoms with Gasteiger partial charge in [0.1, 0.15) is 22.7 Å². The topological polar surface area (TPSA) is 67.2 Å². The quantitative estimate of drug-likeness (QED) is 0.476. The lowest BCUT2D eigenvalue weighted by atomic mass is 10.1. The number of anilines is 2. The summed E-state index contributed by atoms with van der Waals surface area (Å²) < 4.78 is 16.9. The van der Waals surface area contributed by atoms with Crippen molar-refractivity contribution >= 4 is 39.2 Å². The molecule has 0 bridgehead atoms. The van der Waals surface area contributed by atoms with E-state index >= 15 is 0 Å². The van der Waals surface area contributed by atoms with E-state index in [1.807, 2.05) is 54.6 Å². The molecule has 0 unspecified atom stereocenters. The first-order valence-electron chi connectivity index (χ1n) is 11.0. The number of nitrogens with one attached hydrogen (secondary N) is 1. The summed E-state index contributed by atoms with van der Waals surface area (Å²) in [6.45, 7) is 3.66. The Labute approximate surface area is 192 Å². The monoisotopic (exact) mass is 445 g/mol. The van der Waals surface area contributed by atoms with Gasteiger partial charge >= 0.3 is 0 Å². The zero-order chi connectivity index (χ0) is 22.8. The molecule has 7 heteroatoms. The van der Waals surface area contributed by atoms with Crippen molar-refractivity contribution in [2.24, 2.45) is 0 Å². The number of furan rings is 1. The molecule has 1 amide bonds. The zero-order valence-electron chi connectivity index (χ0n) is 18.8. The molecule has 1 aliphatic rings. The molecule has 0 aliphatic carbocycles. The lowest BCUT2D eigenvalue weighted by molar-refractivity contribution is -0.117. The number of amides is 1. The number of ether oxygens (including phenoxy) is 2. The Balaban J connectivity index is 1.24. The van der Waals surface area contributed by atoms with Crippen LogP contribution in [-0.4, -0.2) is 57.8 Å². The van der Waals surface area contributed by atoms with Gasteiger partial charge in [-0.25, -0.2) is 0 Å². The normalized spacial score (nSPS) is 14.5. The Hall–Kier alpha value is -3.71. The smallest absolute Gasteiger partial charge is 0.238 e. The van der Waals surface area contributed by atoms with Crippen LogP contribution in [0.3, 0.4) is 0 Å². The first-order valence-corrected chi connectivity index (χ1v) is 11.0. The first kappa shape index (κ1) is 21.2. The van der Waals surface area contributed by atoms with Crippen molar-refractivity contribution in [3.05, 3.63) is 60.7 Å². The van der Waals surface area contributed by atoms with Crippen LogP contribution in [0, 0.1) is 0 Å². The molecule has 0 radical (unpaired) electrons. The Morgan fingerprint density at radius 2 is 1.73 bits per heavy atom. The van der Waals surface area contributed by atoms with Gasteiger partial charge in [-0.2, -0.15) is 0 Å². The van der Waals surface area contributed by atoms with Crippen LogP contribution in [0.25, 0.3) is 21.9 Å². The van der Waals surface area contributed by atoms with E-state index in [9.17, 15) is 4.79 Å². The van der Waals surface area contributed by atoms with E-state index in [1.54, 1.807) is 14.2 Å². The summed E-state index contributed by atoms with van der Waals surface area (Å²) in [5.41, 5.74) is 3.29. The molecule has 0 atom stereocenters. The highest BCUT2D eigenvalue weighted by atomic mass is 16.5. The van der Waals surface area contributed by atoms with E-state index in [4.69, 9.17) is 13.9 Å². The minimum atomic E-state index is -0.0707. The van der Waals surface area contributed by atoms with Gasteiger partial charge in [-0.3, -0.25) is 9.69 Å². The number of hydrogen-bond acceptors (Lipinski definition) is 6. The van der Waals surface area contributed by atoms with Crippen molar-refractivity contribution in [1.82, 2.24) is 4.90 Å². The molecule has 7 nitrogen and oxygen atoms in total. The first-order chi connectivity index (χ1) is 16.1. The predicted molar refractivity (Wildman–Crippen MR) is 131 cm³/mol. The second-order valence-corrected chi connectivity index (χ2v) is 8.16. The maximum Gasteiger partial charge on any atom is 0.238 e. The fourth-order valence-corrected chi connectivity index (χ4v) is 4.38. The van der Waals surface area contributed by atoms with Crippen LogP contribution in [0.15, 0.2) is 65.1 Å². The number of carbonyl (C=O) groups excluding carboxylic acids is 1. The molecular weight excluding hydrogens is 418 g/mol. The van der Waals surface area contributed by atoms with Gasteiger partial charge in [0.2, 0.25) is 5.91 Å². The van der Waals surface area contributed by atoms with Gasteiger partial charge in [-0.05, 0) is 24.3 Å². The van der Waals surface area contributed by atoms with Crippen LogP contribution >= 0.6 is 0 Å². The highest BCUT2D eigenvalue weighted by molar-refractivity contribution is 6.07. The number of rotatable bonds is 6. The second-order valence-electron chi connectivity index (χ2n) is 8.16. The lowest BCUT2D eigenvalue weighted by Crippen LogP contribution is -2.48. The third kappa shape index (κ3) is 4.32. The Morgan fingerprint density at radius 1 is 0.909 bits per heavy atom. The van der Waals surface area contributed by atoms with E-state index in [0.29, 0.717) is 18.0 Å². The molecule has 0 saturated carbocycles. The van der Waals surface area contributed by atoms with Gasteiger partial charge in [-0.1, -0.05) is 24.3 Å². The van der Waals surface area contributed by atoms with Crippen LogP contribution < -0.4 is 19.7 Å². The van der Waals surface area contributed by atoms with Crippen molar-refractivity contribution in [1.29, 1.82) is 0 Å². The minimum absolute atomic E-state index is 0.0707. The highest BCUT2D eigenvalue weighted by Gasteiger charge is 2.21. The molecule has 0 spiro atoms. The van der Waals surface area contributed by atoms with Crippen molar-refractivity contribution in [3.8, 4) is 11.5 Å². The van der Waals surface area contributed by atoms with E-state index in [2.05, 4.69) is 21.2 Å². The average molecular weight is 446 g/mol. The third-order valence-corrected chi connectivity index (χ3v) is 6.13. The third-order valence-electron chi connectivity index (χ3n) is 6.13. The number of methoxy groups -OCH3 is 2. The van der Waals surface area contributed by atoms with Gasteiger partial charge in [-0.15, -0.1) is 0 Å². The van der Waals surface area contributed by atoms with Crippen LogP contribution in [0.2, 0.25) is 0 Å². The van der Waals surface area contributed by atoms with Gasteiger partial charge in [0, 0.05) is 54.8 Å². The number of benzene rings is 3. The van der Waals surface area contributed by atoms with E-state index in [-0.39, 0.29) is 5.91 Å². The summed E-state index contributed by atoms with van der Waals surface area (Å²) in [5, 5.41) is 5.00. The molecule has 1 fully saturated rings. The standard InChI is InChI=1S/C26H27N3O4/c1-31-19-7-5-6-18(14-19)29-12-10-28(11-13-29)17-26(30)27-22-16-24-21(15-25(22)32-2)20-8-3-4-9-23(20)33-24/h3-9,14-16H,10-13,17H2,1-2H3,(H,27,30). The number of para-hydroxylation sites is 1. The number of piperazine rings is 1. The molecule has 1 aliphatic heterocycles. The number of carbonyl (C=O) groups is 1. The molecule has 170 valence electrons. The molecule has 33 heavy (non-hydrogen) atoms. The average Bonchev–Trinajstić information content (AvgIpc) is 3.21. The predicted octanol–water partition coefficient (Wildman–Crippen LogP) is 4.36. The van der Waals surface area contributed by atoms with Gasteiger partial charge in [0.05, 0.1) is 26.5 Å². The Morgan fingerprint density at radius 3 is 2.52 bits per heavy atom. The molecule has 1 saturated heterocycles. The largest absolute Gasteiger partial charge is 0.497 e. The SMILES string of the molecule is COc1cccc(N2CCN(CC(=O)Nc3cc4oc5ccccc5c4cc3OC)CC2)c1. The summed E-state index contributed by atoms with van der Waals surface area (Å²) >= 11 is 0. The van der Waals surface area contributed by atoms with Crippen molar-refractivity contribution < 1.29 is 18.7 Å². The summed E-state index contributed by atoms with van der Waals surface area (Å²) in [4.78, 5) is 17.3. The zero-order valence-corrected chi connectivity index (χ0v) is 18.8. The molecule has 1 N–H and O–H groups in total. The van der Waals surface area contributed by atoms with Gasteiger partial charge < -0.3 is 24.1 Å². The maximum atomic E-state index is 12.8. The van der Waals surface area contributed by atoms with Crippen LogP contribution in [-0.2, 0) is 4.79 Å². The van der Waals surface area contributed by atoms with Crippen LogP contribution in [0.1, 0.15) is 0 Å². The lowest BCUT2D eigenvalue weighted by Gasteiger charge is -2.35. The summed E-state index contributed by atoms with van der Waals surface area (Å²) in [6.07, 6.45) is 0. The van der Waals surface area contributed by atoms with Crippen molar-refractivity contribution in [2.45, 2.75) is 0 Å². The summed E-state index contributed by atoms with van der Waals surface area (Å²) in [7, 11) is 3.29. The molecule has 4 aromatic rings. The van der Waals surface area contributed by atoms with Crippen molar-refractivity contribution in [2.75, 3.05) is 57.2 Å². The molecule has 3 aromatic carbocycles. The minimum Gasteiger partial charge on any atom is -0.497 e. The number of nitrogens with zero attached hydrogens (tertiary/aromatic N) is 2. The number of hydrogen-bond donors (Lipinski definition) is 1. The van der Waals surface area contributed by atoms with E-state index in [0.717, 1.165) is 59.6 Å². The highest BCUT2D eigenvalue weighted by Crippen LogP contribution is 2.36. The van der Waals surface area contributed by atoms with Crippen LogP contribution in [0.5, 0.6) is 11.5 Å². The fourth-order valence-electron chi connectivity index (χ4n) is 4.38. The maximum absolute atomic E-state index is 12.8. The molecule has 5 rings (SSSR count). The second kappa shape index (κ2) is 9.03. The van der Waals surface area contributed by atoms with E-state index < -0.39 is 0 Å². The van der Waals surface area contributed by atoms with Gasteiger partial charge in [0.15, 0.2) is 0 Å². The molecular formula is C26H27N3O4. The number of fused-ring (bicyclic) bond motifs is 3. The molecule has 2 heterocycles. The van der Waals surface area contributed by atoms with E-state index in [1.165, 1.54) is 0 Å². The Bertz CT molecular complexity index is 1290. The Kier molecular flexibility index (Phi) is 5.79. The van der Waals surface area contributed by atoms with Crippen LogP contribution in [0.4, 0.5) is 11.4 Å². The summed E-state index contributed by atoms with van der Waals surface area (Å²) in [5.74, 6) is 1.40.